The quantitative estimate of drug-likeness (QED) is 0.176. The molecule has 0 saturated carbocycles. The lowest BCUT2D eigenvalue weighted by molar-refractivity contribution is -0.130. The molecule has 3 aromatic carbocycles. The van der Waals surface area contributed by atoms with Gasteiger partial charge in [0.05, 0.1) is 0 Å². The molecule has 0 heterocycles. The van der Waals surface area contributed by atoms with E-state index in [0.717, 1.165) is 27.1 Å². The Bertz CT molecular complexity index is 1180. The van der Waals surface area contributed by atoms with Gasteiger partial charge in [0.15, 0.2) is 0 Å². The topological polar surface area (TPSA) is 52.6 Å². The summed E-state index contributed by atoms with van der Waals surface area (Å²) in [6.07, 6.45) is 1.99. The maximum atomic E-state index is 11.8. The van der Waals surface area contributed by atoms with Crippen LogP contribution < -0.4 is 9.47 Å². The lowest BCUT2D eigenvalue weighted by Crippen LogP contribution is -2.08. The average molecular weight is 445 g/mol. The van der Waals surface area contributed by atoms with Crippen molar-refractivity contribution >= 4 is 23.7 Å². The summed E-state index contributed by atoms with van der Waals surface area (Å²) < 4.78 is 10.6. The molecular weight excluding hydrogens is 420 g/mol. The van der Waals surface area contributed by atoms with Crippen LogP contribution in [-0.2, 0) is 9.59 Å². The van der Waals surface area contributed by atoms with E-state index in [9.17, 15) is 9.59 Å². The normalized spacial score (nSPS) is 10.3. The molecule has 0 atom stereocenters. The lowest BCUT2D eigenvalue weighted by atomic mass is 10.00. The number of rotatable bonds is 7. The molecule has 0 aromatic heterocycles. The van der Waals surface area contributed by atoms with E-state index in [-0.39, 0.29) is 0 Å². The van der Waals surface area contributed by atoms with Crippen LogP contribution in [0.25, 0.3) is 22.3 Å². The van der Waals surface area contributed by atoms with Crippen molar-refractivity contribution in [2.24, 2.45) is 0 Å². The highest BCUT2D eigenvalue weighted by Gasteiger charge is 2.11. The minimum atomic E-state index is -0.438. The van der Waals surface area contributed by atoms with Crippen LogP contribution in [-0.4, -0.2) is 18.2 Å². The molecule has 0 radical (unpaired) electrons. The number of benzene rings is 3. The van der Waals surface area contributed by atoms with E-state index in [1.54, 1.807) is 43.8 Å². The Labute approximate surface area is 192 Å². The summed E-state index contributed by atoms with van der Waals surface area (Å²) in [4.78, 5) is 24.4. The van der Waals surface area contributed by atoms with Gasteiger partial charge < -0.3 is 9.47 Å². The van der Waals surface area contributed by atoms with Crippen molar-refractivity contribution in [1.82, 2.24) is 0 Å². The highest BCUT2D eigenvalue weighted by Crippen LogP contribution is 2.34. The predicted octanol–water partition coefficient (Wildman–Crippen LogP) is 6.71. The third-order valence-electron chi connectivity index (χ3n) is 4.67. The van der Waals surface area contributed by atoms with Gasteiger partial charge in [-0.3, -0.25) is 0 Å². The van der Waals surface area contributed by atoms with Crippen molar-refractivity contribution in [3.63, 3.8) is 0 Å². The Balaban J connectivity index is 1.79. The molecular formula is C27H24O4S. The Kier molecular flexibility index (Phi) is 7.33. The number of hydrogen-bond donors (Lipinski definition) is 0. The smallest absolute Gasteiger partial charge is 0.338 e. The van der Waals surface area contributed by atoms with Crippen LogP contribution >= 0.6 is 11.8 Å². The molecule has 162 valence electrons. The zero-order chi connectivity index (χ0) is 23.3. The third-order valence-corrected chi connectivity index (χ3v) is 5.45. The molecule has 0 unspecified atom stereocenters. The first kappa shape index (κ1) is 23.1. The van der Waals surface area contributed by atoms with E-state index < -0.39 is 11.9 Å². The zero-order valence-electron chi connectivity index (χ0n) is 18.3. The Morgan fingerprint density at radius 2 is 1.12 bits per heavy atom. The fraction of sp³-hybridized carbons (Fsp3) is 0.111. The fourth-order valence-electron chi connectivity index (χ4n) is 2.92. The van der Waals surface area contributed by atoms with Gasteiger partial charge in [0.1, 0.15) is 11.5 Å². The molecule has 0 bridgehead atoms. The Hall–Kier alpha value is -3.57. The summed E-state index contributed by atoms with van der Waals surface area (Å²) in [6, 6.07) is 21.1. The first-order valence-corrected chi connectivity index (χ1v) is 11.1. The zero-order valence-corrected chi connectivity index (χ0v) is 19.1. The second-order valence-corrected chi connectivity index (χ2v) is 8.15. The van der Waals surface area contributed by atoms with E-state index in [1.807, 2.05) is 42.7 Å². The molecule has 0 aliphatic rings. The molecule has 0 fully saturated rings. The number of carbonyl (C=O) groups excluding carboxylic acids is 2. The summed E-state index contributed by atoms with van der Waals surface area (Å²) in [6.45, 7) is 10.4. The SMILES string of the molecule is C=C(C)C(=O)Oc1ccc(-c2ccc(-c3ccc(OC(=O)C(=C)C)cc3SC)cc2)cc1. The van der Waals surface area contributed by atoms with Gasteiger partial charge in [-0.05, 0) is 72.7 Å². The van der Waals surface area contributed by atoms with Crippen LogP contribution in [0.5, 0.6) is 11.5 Å². The monoisotopic (exact) mass is 444 g/mol. The first-order valence-electron chi connectivity index (χ1n) is 9.92. The largest absolute Gasteiger partial charge is 0.423 e. The molecule has 0 saturated heterocycles. The van der Waals surface area contributed by atoms with Gasteiger partial charge >= 0.3 is 11.9 Å². The summed E-state index contributed by atoms with van der Waals surface area (Å²) in [7, 11) is 0. The molecule has 3 aromatic rings. The number of ether oxygens (including phenoxy) is 2. The maximum absolute atomic E-state index is 11.8. The summed E-state index contributed by atoms with van der Waals surface area (Å²) in [5, 5.41) is 0. The van der Waals surface area contributed by atoms with Crippen molar-refractivity contribution in [3.8, 4) is 33.8 Å². The van der Waals surface area contributed by atoms with Crippen LogP contribution in [0.3, 0.4) is 0 Å². The predicted molar refractivity (Wildman–Crippen MR) is 130 cm³/mol. The lowest BCUT2D eigenvalue weighted by Gasteiger charge is -2.12. The molecule has 5 heteroatoms. The van der Waals surface area contributed by atoms with E-state index in [0.29, 0.717) is 22.6 Å². The number of thioether (sulfide) groups is 1. The van der Waals surface area contributed by atoms with Gasteiger partial charge in [0.25, 0.3) is 0 Å². The molecule has 32 heavy (non-hydrogen) atoms. The van der Waals surface area contributed by atoms with Crippen molar-refractivity contribution in [3.05, 3.63) is 91.0 Å². The van der Waals surface area contributed by atoms with Crippen molar-refractivity contribution < 1.29 is 19.1 Å². The Morgan fingerprint density at radius 1 is 0.688 bits per heavy atom. The summed E-state index contributed by atoms with van der Waals surface area (Å²) >= 11 is 1.59. The molecule has 4 nitrogen and oxygen atoms in total. The maximum Gasteiger partial charge on any atom is 0.338 e. The molecule has 3 rings (SSSR count). The third kappa shape index (κ3) is 5.56. The van der Waals surface area contributed by atoms with Crippen LogP contribution in [0.2, 0.25) is 0 Å². The molecule has 0 aliphatic carbocycles. The highest BCUT2D eigenvalue weighted by molar-refractivity contribution is 7.98. The second-order valence-electron chi connectivity index (χ2n) is 7.30. The average Bonchev–Trinajstić information content (AvgIpc) is 2.79. The van der Waals surface area contributed by atoms with Crippen LogP contribution in [0.4, 0.5) is 0 Å². The van der Waals surface area contributed by atoms with Gasteiger partial charge in [-0.1, -0.05) is 49.6 Å². The first-order chi connectivity index (χ1) is 15.3. The van der Waals surface area contributed by atoms with E-state index in [2.05, 4.69) is 25.3 Å². The fourth-order valence-corrected chi connectivity index (χ4v) is 3.56. The van der Waals surface area contributed by atoms with E-state index >= 15 is 0 Å². The van der Waals surface area contributed by atoms with Crippen LogP contribution in [0.15, 0.2) is 95.9 Å². The molecule has 0 spiro atoms. The van der Waals surface area contributed by atoms with E-state index in [1.165, 1.54) is 0 Å². The number of esters is 2. The summed E-state index contributed by atoms with van der Waals surface area (Å²) in [5.74, 6) is 0.104. The van der Waals surface area contributed by atoms with Gasteiger partial charge in [-0.25, -0.2) is 9.59 Å². The van der Waals surface area contributed by atoms with Crippen molar-refractivity contribution in [2.45, 2.75) is 18.7 Å². The number of carbonyl (C=O) groups is 2. The minimum absolute atomic E-state index is 0.358. The Morgan fingerprint density at radius 3 is 1.62 bits per heavy atom. The molecule has 0 N–H and O–H groups in total. The van der Waals surface area contributed by atoms with Crippen molar-refractivity contribution in [1.29, 1.82) is 0 Å². The van der Waals surface area contributed by atoms with Gasteiger partial charge in [0.2, 0.25) is 0 Å². The van der Waals surface area contributed by atoms with Gasteiger partial charge in [-0.15, -0.1) is 11.8 Å². The molecule has 0 aliphatic heterocycles. The van der Waals surface area contributed by atoms with Gasteiger partial charge in [-0.2, -0.15) is 0 Å². The highest BCUT2D eigenvalue weighted by atomic mass is 32.2. The summed E-state index contributed by atoms with van der Waals surface area (Å²) in [5.41, 5.74) is 4.89. The van der Waals surface area contributed by atoms with Crippen LogP contribution in [0.1, 0.15) is 13.8 Å². The number of hydrogen-bond acceptors (Lipinski definition) is 5. The minimum Gasteiger partial charge on any atom is -0.423 e. The molecule has 0 amide bonds. The van der Waals surface area contributed by atoms with Gasteiger partial charge in [0, 0.05) is 16.0 Å². The van der Waals surface area contributed by atoms with Crippen LogP contribution in [0, 0.1) is 0 Å². The standard InChI is InChI=1S/C27H24O4S/c1-17(2)26(28)30-22-12-10-20(11-13-22)19-6-8-21(9-7-19)24-15-14-23(16-25(24)32-5)31-27(29)18(3)4/h6-16H,1,3H2,2,4-5H3. The van der Waals surface area contributed by atoms with E-state index in [4.69, 9.17) is 9.47 Å². The second kappa shape index (κ2) is 10.2. The van der Waals surface area contributed by atoms with Crippen molar-refractivity contribution in [2.75, 3.05) is 6.26 Å².